The topological polar surface area (TPSA) is 26.3 Å². The highest BCUT2D eigenvalue weighted by Crippen LogP contribution is 2.09. The predicted molar refractivity (Wildman–Crippen MR) is 49.9 cm³/mol. The second kappa shape index (κ2) is 7.14. The molecule has 0 bridgehead atoms. The van der Waals surface area contributed by atoms with E-state index in [4.69, 9.17) is 4.74 Å². The Balaban J connectivity index is 3.31. The lowest BCUT2D eigenvalue weighted by Gasteiger charge is -2.07. The quantitative estimate of drug-likeness (QED) is 0.576. The molecule has 2 nitrogen and oxygen atoms in total. The van der Waals surface area contributed by atoms with Gasteiger partial charge in [-0.05, 0) is 18.8 Å². The molecule has 0 fully saturated rings. The first-order valence-corrected chi connectivity index (χ1v) is 4.86. The van der Waals surface area contributed by atoms with Gasteiger partial charge < -0.3 is 4.74 Å². The fourth-order valence-corrected chi connectivity index (χ4v) is 0.856. The van der Waals surface area contributed by atoms with Crippen LogP contribution in [0.15, 0.2) is 0 Å². The van der Waals surface area contributed by atoms with Gasteiger partial charge in [0.25, 0.3) is 0 Å². The third kappa shape index (κ3) is 6.20. The van der Waals surface area contributed by atoms with E-state index in [-0.39, 0.29) is 5.97 Å². The SMILES string of the molecule is CCCOC(=O)CCC(C)CC. The van der Waals surface area contributed by atoms with E-state index in [1.807, 2.05) is 6.92 Å². The van der Waals surface area contributed by atoms with Gasteiger partial charge in [-0.3, -0.25) is 4.79 Å². The zero-order valence-electron chi connectivity index (χ0n) is 8.43. The second-order valence-electron chi connectivity index (χ2n) is 3.27. The summed E-state index contributed by atoms with van der Waals surface area (Å²) in [6, 6.07) is 0. The van der Waals surface area contributed by atoms with E-state index in [0.717, 1.165) is 19.3 Å². The number of carbonyl (C=O) groups is 1. The molecule has 0 radical (unpaired) electrons. The Bertz CT molecular complexity index is 121. The van der Waals surface area contributed by atoms with E-state index in [1.54, 1.807) is 0 Å². The largest absolute Gasteiger partial charge is 0.466 e. The van der Waals surface area contributed by atoms with Crippen LogP contribution in [-0.2, 0) is 9.53 Å². The van der Waals surface area contributed by atoms with Crippen molar-refractivity contribution in [2.75, 3.05) is 6.61 Å². The number of carbonyl (C=O) groups excluding carboxylic acids is 1. The third-order valence-electron chi connectivity index (χ3n) is 2.01. The molecule has 0 N–H and O–H groups in total. The fourth-order valence-electron chi connectivity index (χ4n) is 0.856. The van der Waals surface area contributed by atoms with Crippen molar-refractivity contribution in [3.63, 3.8) is 0 Å². The van der Waals surface area contributed by atoms with Crippen molar-refractivity contribution in [3.05, 3.63) is 0 Å². The minimum Gasteiger partial charge on any atom is -0.466 e. The summed E-state index contributed by atoms with van der Waals surface area (Å²) in [4.78, 5) is 11.0. The summed E-state index contributed by atoms with van der Waals surface area (Å²) in [6.07, 6.45) is 3.59. The van der Waals surface area contributed by atoms with Gasteiger partial charge in [-0.2, -0.15) is 0 Å². The smallest absolute Gasteiger partial charge is 0.305 e. The Morgan fingerprint density at radius 1 is 1.42 bits per heavy atom. The molecule has 1 unspecified atom stereocenters. The van der Waals surface area contributed by atoms with Gasteiger partial charge in [-0.15, -0.1) is 0 Å². The van der Waals surface area contributed by atoms with Crippen LogP contribution in [-0.4, -0.2) is 12.6 Å². The van der Waals surface area contributed by atoms with Gasteiger partial charge in [-0.25, -0.2) is 0 Å². The van der Waals surface area contributed by atoms with Crippen molar-refractivity contribution < 1.29 is 9.53 Å². The first-order chi connectivity index (χ1) is 5.70. The van der Waals surface area contributed by atoms with E-state index in [1.165, 1.54) is 0 Å². The van der Waals surface area contributed by atoms with Gasteiger partial charge in [0, 0.05) is 6.42 Å². The van der Waals surface area contributed by atoms with Crippen LogP contribution in [0.1, 0.15) is 46.5 Å². The van der Waals surface area contributed by atoms with Crippen molar-refractivity contribution in [2.24, 2.45) is 5.92 Å². The van der Waals surface area contributed by atoms with Gasteiger partial charge in [0.2, 0.25) is 0 Å². The van der Waals surface area contributed by atoms with Crippen molar-refractivity contribution in [1.82, 2.24) is 0 Å². The molecular formula is C10H20O2. The van der Waals surface area contributed by atoms with E-state index in [2.05, 4.69) is 13.8 Å². The Morgan fingerprint density at radius 2 is 2.08 bits per heavy atom. The zero-order chi connectivity index (χ0) is 9.40. The third-order valence-corrected chi connectivity index (χ3v) is 2.01. The Morgan fingerprint density at radius 3 is 2.58 bits per heavy atom. The van der Waals surface area contributed by atoms with E-state index >= 15 is 0 Å². The molecule has 0 saturated carbocycles. The first kappa shape index (κ1) is 11.5. The molecule has 0 rings (SSSR count). The summed E-state index contributed by atoms with van der Waals surface area (Å²) in [5.74, 6) is 0.594. The van der Waals surface area contributed by atoms with Crippen LogP contribution in [0.5, 0.6) is 0 Å². The van der Waals surface area contributed by atoms with Crippen LogP contribution in [0, 0.1) is 5.92 Å². The number of esters is 1. The summed E-state index contributed by atoms with van der Waals surface area (Å²) in [7, 11) is 0. The maximum Gasteiger partial charge on any atom is 0.305 e. The van der Waals surface area contributed by atoms with E-state index in [9.17, 15) is 4.79 Å². The maximum absolute atomic E-state index is 11.0. The number of rotatable bonds is 6. The molecule has 0 aromatic heterocycles. The Kier molecular flexibility index (Phi) is 6.82. The zero-order valence-corrected chi connectivity index (χ0v) is 8.43. The summed E-state index contributed by atoms with van der Waals surface area (Å²) in [5, 5.41) is 0. The van der Waals surface area contributed by atoms with Gasteiger partial charge >= 0.3 is 5.97 Å². The van der Waals surface area contributed by atoms with Gasteiger partial charge in [0.05, 0.1) is 6.61 Å². The van der Waals surface area contributed by atoms with Crippen molar-refractivity contribution in [3.8, 4) is 0 Å². The lowest BCUT2D eigenvalue weighted by molar-refractivity contribution is -0.144. The Labute approximate surface area is 75.3 Å². The van der Waals surface area contributed by atoms with Gasteiger partial charge in [-0.1, -0.05) is 27.2 Å². The van der Waals surface area contributed by atoms with Gasteiger partial charge in [0.15, 0.2) is 0 Å². The molecular weight excluding hydrogens is 152 g/mol. The molecule has 2 heteroatoms. The number of hydrogen-bond donors (Lipinski definition) is 0. The molecule has 12 heavy (non-hydrogen) atoms. The van der Waals surface area contributed by atoms with Crippen LogP contribution < -0.4 is 0 Å². The average Bonchev–Trinajstić information content (AvgIpc) is 2.10. The summed E-state index contributed by atoms with van der Waals surface area (Å²) in [6.45, 7) is 6.87. The lowest BCUT2D eigenvalue weighted by atomic mass is 10.0. The summed E-state index contributed by atoms with van der Waals surface area (Å²) >= 11 is 0. The summed E-state index contributed by atoms with van der Waals surface area (Å²) < 4.78 is 4.95. The standard InChI is InChI=1S/C10H20O2/c1-4-8-12-10(11)7-6-9(3)5-2/h9H,4-8H2,1-3H3. The molecule has 72 valence electrons. The van der Waals surface area contributed by atoms with Crippen LogP contribution in [0.4, 0.5) is 0 Å². The molecule has 0 aliphatic rings. The molecule has 0 aromatic carbocycles. The van der Waals surface area contributed by atoms with Crippen molar-refractivity contribution >= 4 is 5.97 Å². The normalized spacial score (nSPS) is 12.6. The van der Waals surface area contributed by atoms with Crippen molar-refractivity contribution in [2.45, 2.75) is 46.5 Å². The molecule has 0 saturated heterocycles. The number of ether oxygens (including phenoxy) is 1. The monoisotopic (exact) mass is 172 g/mol. The maximum atomic E-state index is 11.0. The first-order valence-electron chi connectivity index (χ1n) is 4.86. The van der Waals surface area contributed by atoms with E-state index < -0.39 is 0 Å². The molecule has 0 amide bonds. The van der Waals surface area contributed by atoms with Crippen molar-refractivity contribution in [1.29, 1.82) is 0 Å². The fraction of sp³-hybridized carbons (Fsp3) is 0.900. The minimum absolute atomic E-state index is 0.0443. The molecule has 1 atom stereocenters. The molecule has 0 aliphatic carbocycles. The summed E-state index contributed by atoms with van der Waals surface area (Å²) in [5.41, 5.74) is 0. The molecule has 0 spiro atoms. The van der Waals surface area contributed by atoms with Crippen LogP contribution in [0.25, 0.3) is 0 Å². The molecule has 0 heterocycles. The minimum atomic E-state index is -0.0443. The highest BCUT2D eigenvalue weighted by Gasteiger charge is 2.05. The lowest BCUT2D eigenvalue weighted by Crippen LogP contribution is -2.06. The second-order valence-corrected chi connectivity index (χ2v) is 3.27. The Hall–Kier alpha value is -0.530. The molecule has 0 aliphatic heterocycles. The van der Waals surface area contributed by atoms with Crippen LogP contribution in [0.3, 0.4) is 0 Å². The van der Waals surface area contributed by atoms with E-state index in [0.29, 0.717) is 18.9 Å². The molecule has 0 aromatic rings. The average molecular weight is 172 g/mol. The van der Waals surface area contributed by atoms with Crippen LogP contribution >= 0.6 is 0 Å². The highest BCUT2D eigenvalue weighted by atomic mass is 16.5. The number of hydrogen-bond acceptors (Lipinski definition) is 2. The van der Waals surface area contributed by atoms with Gasteiger partial charge in [0.1, 0.15) is 0 Å². The highest BCUT2D eigenvalue weighted by molar-refractivity contribution is 5.69. The van der Waals surface area contributed by atoms with Crippen LogP contribution in [0.2, 0.25) is 0 Å². The predicted octanol–water partition coefficient (Wildman–Crippen LogP) is 2.77.